The molecule has 0 fully saturated rings. The number of nitro groups is 1. The van der Waals surface area contributed by atoms with Crippen molar-refractivity contribution in [3.8, 4) is 0 Å². The summed E-state index contributed by atoms with van der Waals surface area (Å²) in [6, 6.07) is 6.27. The summed E-state index contributed by atoms with van der Waals surface area (Å²) in [6.07, 6.45) is 1.11. The van der Waals surface area contributed by atoms with E-state index in [-0.39, 0.29) is 11.6 Å². The summed E-state index contributed by atoms with van der Waals surface area (Å²) < 4.78 is 0. The number of hydrogen-bond acceptors (Lipinski definition) is 4. The number of carbonyl (C=O) groups is 1. The van der Waals surface area contributed by atoms with Gasteiger partial charge in [-0.05, 0) is 18.4 Å². The van der Waals surface area contributed by atoms with Crippen molar-refractivity contribution in [3.05, 3.63) is 39.9 Å². The van der Waals surface area contributed by atoms with Crippen LogP contribution in [0.1, 0.15) is 32.3 Å². The molecule has 0 saturated heterocycles. The van der Waals surface area contributed by atoms with Crippen LogP contribution in [-0.4, -0.2) is 28.3 Å². The Kier molecular flexibility index (Phi) is 5.21. The molecule has 6 heteroatoms. The molecule has 0 atom stereocenters. The van der Waals surface area contributed by atoms with Crippen molar-refractivity contribution in [1.29, 1.82) is 0 Å². The molecule has 0 unspecified atom stereocenters. The van der Waals surface area contributed by atoms with Crippen LogP contribution in [0.3, 0.4) is 0 Å². The van der Waals surface area contributed by atoms with Gasteiger partial charge in [-0.3, -0.25) is 14.9 Å². The molecule has 1 aromatic carbocycles. The van der Waals surface area contributed by atoms with Crippen molar-refractivity contribution in [2.45, 2.75) is 38.8 Å². The van der Waals surface area contributed by atoms with Gasteiger partial charge in [-0.15, -0.1) is 0 Å². The van der Waals surface area contributed by atoms with Crippen molar-refractivity contribution >= 4 is 11.6 Å². The van der Waals surface area contributed by atoms with Gasteiger partial charge in [0.05, 0.1) is 10.5 Å². The Hall–Kier alpha value is -1.95. The molecule has 0 spiro atoms. The predicted octanol–water partition coefficient (Wildman–Crippen LogP) is 2.07. The normalized spacial score (nSPS) is 11.2. The van der Waals surface area contributed by atoms with Gasteiger partial charge in [-0.2, -0.15) is 0 Å². The Bertz CT molecular complexity index is 498. The topological polar surface area (TPSA) is 89.5 Å². The van der Waals surface area contributed by atoms with E-state index in [2.05, 4.69) is 0 Å². The van der Waals surface area contributed by atoms with E-state index in [4.69, 9.17) is 5.73 Å². The first-order valence-corrected chi connectivity index (χ1v) is 6.61. The Labute approximate surface area is 118 Å². The zero-order chi connectivity index (χ0) is 15.3. The van der Waals surface area contributed by atoms with E-state index in [9.17, 15) is 14.9 Å². The second-order valence-corrected chi connectivity index (χ2v) is 4.95. The van der Waals surface area contributed by atoms with Crippen molar-refractivity contribution in [3.63, 3.8) is 0 Å². The minimum absolute atomic E-state index is 0.0216. The largest absolute Gasteiger partial charge is 0.340 e. The Morgan fingerprint density at radius 2 is 2.00 bits per heavy atom. The smallest absolute Gasteiger partial charge is 0.269 e. The first-order valence-electron chi connectivity index (χ1n) is 6.61. The summed E-state index contributed by atoms with van der Waals surface area (Å²) >= 11 is 0. The van der Waals surface area contributed by atoms with Crippen LogP contribution in [0, 0.1) is 10.1 Å². The van der Waals surface area contributed by atoms with Crippen LogP contribution >= 0.6 is 0 Å². The lowest BCUT2D eigenvalue weighted by Crippen LogP contribution is -2.53. The van der Waals surface area contributed by atoms with Crippen LogP contribution in [0.15, 0.2) is 24.3 Å². The van der Waals surface area contributed by atoms with Gasteiger partial charge in [0.15, 0.2) is 0 Å². The van der Waals surface area contributed by atoms with Crippen LogP contribution in [-0.2, 0) is 11.3 Å². The number of non-ortho nitro benzene ring substituents is 1. The Morgan fingerprint density at radius 3 is 2.50 bits per heavy atom. The minimum Gasteiger partial charge on any atom is -0.340 e. The van der Waals surface area contributed by atoms with Gasteiger partial charge in [0.25, 0.3) is 5.69 Å². The SMILES string of the molecule is CCC(N)(CC)C(=O)N(C)Cc1cccc([N+](=O)[O-])c1. The third kappa shape index (κ3) is 3.54. The molecule has 0 aliphatic heterocycles. The maximum absolute atomic E-state index is 12.3. The zero-order valence-electron chi connectivity index (χ0n) is 12.1. The third-order valence-corrected chi connectivity index (χ3v) is 3.58. The molecule has 0 saturated carbocycles. The number of amides is 1. The van der Waals surface area contributed by atoms with Crippen LogP contribution in [0.2, 0.25) is 0 Å². The highest BCUT2D eigenvalue weighted by molar-refractivity contribution is 5.85. The number of carbonyl (C=O) groups excluding carboxylic acids is 1. The van der Waals surface area contributed by atoms with E-state index < -0.39 is 10.5 Å². The second-order valence-electron chi connectivity index (χ2n) is 4.95. The lowest BCUT2D eigenvalue weighted by molar-refractivity contribution is -0.384. The monoisotopic (exact) mass is 279 g/mol. The summed E-state index contributed by atoms with van der Waals surface area (Å²) in [6.45, 7) is 4.06. The van der Waals surface area contributed by atoms with Crippen molar-refractivity contribution in [2.75, 3.05) is 7.05 Å². The molecule has 1 amide bonds. The van der Waals surface area contributed by atoms with Crippen LogP contribution < -0.4 is 5.73 Å². The highest BCUT2D eigenvalue weighted by Gasteiger charge is 2.32. The fourth-order valence-electron chi connectivity index (χ4n) is 2.05. The molecule has 110 valence electrons. The lowest BCUT2D eigenvalue weighted by atomic mass is 9.92. The molecule has 0 bridgehead atoms. The number of benzene rings is 1. The maximum Gasteiger partial charge on any atom is 0.269 e. The van der Waals surface area contributed by atoms with E-state index in [1.807, 2.05) is 13.8 Å². The quantitative estimate of drug-likeness (QED) is 0.637. The predicted molar refractivity (Wildman–Crippen MR) is 77.1 cm³/mol. The molecule has 0 aromatic heterocycles. The summed E-state index contributed by atoms with van der Waals surface area (Å²) in [5.74, 6) is -0.144. The molecule has 0 aliphatic carbocycles. The number of nitro benzene ring substituents is 1. The van der Waals surface area contributed by atoms with Gasteiger partial charge in [-0.1, -0.05) is 26.0 Å². The first kappa shape index (κ1) is 16.1. The van der Waals surface area contributed by atoms with Crippen molar-refractivity contribution in [2.24, 2.45) is 5.73 Å². The van der Waals surface area contributed by atoms with Gasteiger partial charge in [0.2, 0.25) is 5.91 Å². The summed E-state index contributed by atoms with van der Waals surface area (Å²) in [5.41, 5.74) is 5.94. The molecule has 0 aliphatic rings. The number of likely N-dealkylation sites (N-methyl/N-ethyl adjacent to an activating group) is 1. The molecule has 0 heterocycles. The Morgan fingerprint density at radius 1 is 1.40 bits per heavy atom. The summed E-state index contributed by atoms with van der Waals surface area (Å²) in [7, 11) is 1.66. The van der Waals surface area contributed by atoms with Gasteiger partial charge in [-0.25, -0.2) is 0 Å². The van der Waals surface area contributed by atoms with Crippen molar-refractivity contribution < 1.29 is 9.72 Å². The molecule has 0 radical (unpaired) electrons. The Balaban J connectivity index is 2.85. The minimum atomic E-state index is -0.866. The maximum atomic E-state index is 12.3. The molecular formula is C14H21N3O3. The van der Waals surface area contributed by atoms with E-state index in [0.29, 0.717) is 24.9 Å². The van der Waals surface area contributed by atoms with Crippen LogP contribution in [0.5, 0.6) is 0 Å². The lowest BCUT2D eigenvalue weighted by Gasteiger charge is -2.30. The molecule has 1 rings (SSSR count). The number of nitrogens with zero attached hydrogens (tertiary/aromatic N) is 2. The van der Waals surface area contributed by atoms with Gasteiger partial charge in [0.1, 0.15) is 0 Å². The van der Waals surface area contributed by atoms with Gasteiger partial charge >= 0.3 is 0 Å². The highest BCUT2D eigenvalue weighted by atomic mass is 16.6. The second kappa shape index (κ2) is 6.47. The standard InChI is InChI=1S/C14H21N3O3/c1-4-14(15,5-2)13(18)16(3)10-11-7-6-8-12(9-11)17(19)20/h6-9H,4-5,10,15H2,1-3H3. The number of rotatable bonds is 6. The molecule has 2 N–H and O–H groups in total. The molecule has 20 heavy (non-hydrogen) atoms. The average molecular weight is 279 g/mol. The van der Waals surface area contributed by atoms with E-state index >= 15 is 0 Å². The van der Waals surface area contributed by atoms with E-state index in [1.54, 1.807) is 19.2 Å². The fourth-order valence-corrected chi connectivity index (χ4v) is 2.05. The highest BCUT2D eigenvalue weighted by Crippen LogP contribution is 2.18. The van der Waals surface area contributed by atoms with Crippen molar-refractivity contribution in [1.82, 2.24) is 4.90 Å². The number of nitrogens with two attached hydrogens (primary N) is 1. The molecular weight excluding hydrogens is 258 g/mol. The van der Waals surface area contributed by atoms with Crippen LogP contribution in [0.25, 0.3) is 0 Å². The van der Waals surface area contributed by atoms with Crippen LogP contribution in [0.4, 0.5) is 5.69 Å². The summed E-state index contributed by atoms with van der Waals surface area (Å²) in [5, 5.41) is 10.7. The average Bonchev–Trinajstić information content (AvgIpc) is 2.45. The molecule has 1 aromatic rings. The fraction of sp³-hybridized carbons (Fsp3) is 0.500. The molecule has 6 nitrogen and oxygen atoms in total. The number of hydrogen-bond donors (Lipinski definition) is 1. The summed E-state index contributed by atoms with van der Waals surface area (Å²) in [4.78, 5) is 24.1. The van der Waals surface area contributed by atoms with Gasteiger partial charge < -0.3 is 10.6 Å². The van der Waals surface area contributed by atoms with E-state index in [0.717, 1.165) is 0 Å². The third-order valence-electron chi connectivity index (χ3n) is 3.58. The first-order chi connectivity index (χ1) is 9.34. The van der Waals surface area contributed by atoms with Gasteiger partial charge in [0, 0.05) is 25.7 Å². The zero-order valence-corrected chi connectivity index (χ0v) is 12.1. The van der Waals surface area contributed by atoms with E-state index in [1.165, 1.54) is 17.0 Å².